The minimum atomic E-state index is -0.387. The van der Waals surface area contributed by atoms with Gasteiger partial charge in [-0.3, -0.25) is 0 Å². The van der Waals surface area contributed by atoms with Crippen molar-refractivity contribution < 1.29 is 4.74 Å². The summed E-state index contributed by atoms with van der Waals surface area (Å²) in [4.78, 5) is 2.04. The number of nitriles is 1. The summed E-state index contributed by atoms with van der Waals surface area (Å²) in [6, 6.07) is 7.49. The first kappa shape index (κ1) is 11.1. The summed E-state index contributed by atoms with van der Waals surface area (Å²) in [7, 11) is 0. The summed E-state index contributed by atoms with van der Waals surface area (Å²) in [6.45, 7) is 1.82. The predicted molar refractivity (Wildman–Crippen MR) is 63.4 cm³/mol. The van der Waals surface area contributed by atoms with Crippen LogP contribution in [0.4, 0.5) is 11.4 Å². The van der Waals surface area contributed by atoms with Gasteiger partial charge in [0.2, 0.25) is 0 Å². The van der Waals surface area contributed by atoms with Crippen molar-refractivity contribution in [3.05, 3.63) is 23.2 Å². The first-order chi connectivity index (χ1) is 7.70. The number of morpholine rings is 1. The van der Waals surface area contributed by atoms with E-state index in [4.69, 9.17) is 27.3 Å². The van der Waals surface area contributed by atoms with Gasteiger partial charge in [-0.2, -0.15) is 5.26 Å². The maximum absolute atomic E-state index is 8.81. The molecule has 1 atom stereocenters. The van der Waals surface area contributed by atoms with Gasteiger partial charge in [0, 0.05) is 12.2 Å². The van der Waals surface area contributed by atoms with Crippen molar-refractivity contribution >= 4 is 23.0 Å². The van der Waals surface area contributed by atoms with Crippen LogP contribution in [0.1, 0.15) is 0 Å². The Labute approximate surface area is 99.2 Å². The molecule has 1 aromatic rings. The Morgan fingerprint density at radius 3 is 3.06 bits per heavy atom. The minimum absolute atomic E-state index is 0.387. The molecule has 1 aliphatic rings. The predicted octanol–water partition coefficient (Wildman–Crippen LogP) is 1.65. The van der Waals surface area contributed by atoms with Crippen LogP contribution in [0.15, 0.2) is 18.2 Å². The Bertz CT molecular complexity index is 430. The number of hydrogen-bond acceptors (Lipinski definition) is 4. The lowest BCUT2D eigenvalue weighted by Gasteiger charge is -2.32. The average Bonchev–Trinajstić information content (AvgIpc) is 2.29. The zero-order valence-corrected chi connectivity index (χ0v) is 9.44. The molecule has 5 heteroatoms. The average molecular weight is 238 g/mol. The lowest BCUT2D eigenvalue weighted by molar-refractivity contribution is 0.0765. The molecule has 0 amide bonds. The van der Waals surface area contributed by atoms with E-state index in [0.717, 1.165) is 12.2 Å². The Balaban J connectivity index is 2.20. The Kier molecular flexibility index (Phi) is 3.18. The largest absolute Gasteiger partial charge is 0.399 e. The molecule has 0 aliphatic carbocycles. The highest BCUT2D eigenvalue weighted by Gasteiger charge is 2.21. The van der Waals surface area contributed by atoms with E-state index in [0.29, 0.717) is 23.9 Å². The van der Waals surface area contributed by atoms with Crippen molar-refractivity contribution in [2.24, 2.45) is 0 Å². The van der Waals surface area contributed by atoms with E-state index in [2.05, 4.69) is 6.07 Å². The molecule has 1 fully saturated rings. The summed E-state index contributed by atoms with van der Waals surface area (Å²) < 4.78 is 5.27. The lowest BCUT2D eigenvalue weighted by atomic mass is 10.2. The highest BCUT2D eigenvalue weighted by atomic mass is 35.5. The number of ether oxygens (including phenoxy) is 1. The number of halogens is 1. The number of hydrogen-bond donors (Lipinski definition) is 1. The molecule has 4 nitrogen and oxygen atoms in total. The van der Waals surface area contributed by atoms with E-state index in [9.17, 15) is 0 Å². The molecular formula is C11H12ClN3O. The molecule has 2 N–H and O–H groups in total. The maximum atomic E-state index is 8.81. The Morgan fingerprint density at radius 1 is 1.56 bits per heavy atom. The van der Waals surface area contributed by atoms with Crippen LogP contribution in [0, 0.1) is 11.3 Å². The van der Waals surface area contributed by atoms with Gasteiger partial charge in [0.05, 0.1) is 29.9 Å². The zero-order chi connectivity index (χ0) is 11.5. The van der Waals surface area contributed by atoms with Gasteiger partial charge in [-0.1, -0.05) is 11.6 Å². The second-order valence-corrected chi connectivity index (χ2v) is 4.05. The van der Waals surface area contributed by atoms with Crippen LogP contribution in [0.3, 0.4) is 0 Å². The van der Waals surface area contributed by atoms with Crippen molar-refractivity contribution in [3.8, 4) is 6.07 Å². The third-order valence-electron chi connectivity index (χ3n) is 2.52. The quantitative estimate of drug-likeness (QED) is 0.755. The molecule has 1 aromatic carbocycles. The van der Waals surface area contributed by atoms with Crippen LogP contribution < -0.4 is 10.6 Å². The molecule has 0 spiro atoms. The topological polar surface area (TPSA) is 62.3 Å². The number of anilines is 2. The molecular weight excluding hydrogens is 226 g/mol. The second kappa shape index (κ2) is 4.60. The summed E-state index contributed by atoms with van der Waals surface area (Å²) in [5.74, 6) is 0. The van der Waals surface area contributed by atoms with Gasteiger partial charge in [0.25, 0.3) is 0 Å². The van der Waals surface area contributed by atoms with E-state index in [1.165, 1.54) is 0 Å². The molecule has 0 saturated carbocycles. The first-order valence-electron chi connectivity index (χ1n) is 5.02. The zero-order valence-electron chi connectivity index (χ0n) is 8.69. The van der Waals surface area contributed by atoms with E-state index in [1.807, 2.05) is 11.0 Å². The maximum Gasteiger partial charge on any atom is 0.161 e. The first-order valence-corrected chi connectivity index (χ1v) is 5.39. The van der Waals surface area contributed by atoms with E-state index in [-0.39, 0.29) is 6.10 Å². The molecule has 1 unspecified atom stereocenters. The van der Waals surface area contributed by atoms with Crippen LogP contribution in [-0.4, -0.2) is 25.8 Å². The van der Waals surface area contributed by atoms with Crippen molar-refractivity contribution in [1.82, 2.24) is 0 Å². The molecule has 0 radical (unpaired) electrons. The number of nitrogens with zero attached hydrogens (tertiary/aromatic N) is 2. The van der Waals surface area contributed by atoms with Gasteiger partial charge in [-0.15, -0.1) is 0 Å². The molecule has 1 heterocycles. The van der Waals surface area contributed by atoms with Crippen molar-refractivity contribution in [2.75, 3.05) is 30.3 Å². The van der Waals surface area contributed by atoms with E-state index < -0.39 is 0 Å². The summed E-state index contributed by atoms with van der Waals surface area (Å²) in [6.07, 6.45) is -0.387. The van der Waals surface area contributed by atoms with Crippen LogP contribution in [-0.2, 0) is 4.74 Å². The molecule has 2 rings (SSSR count). The molecule has 1 aliphatic heterocycles. The SMILES string of the molecule is N#CC1CN(c2ccc(N)cc2Cl)CCO1. The van der Waals surface area contributed by atoms with Gasteiger partial charge in [-0.25, -0.2) is 0 Å². The lowest BCUT2D eigenvalue weighted by Crippen LogP contribution is -2.41. The highest BCUT2D eigenvalue weighted by Crippen LogP contribution is 2.28. The smallest absolute Gasteiger partial charge is 0.161 e. The van der Waals surface area contributed by atoms with Gasteiger partial charge in [-0.05, 0) is 18.2 Å². The third-order valence-corrected chi connectivity index (χ3v) is 2.83. The fourth-order valence-electron chi connectivity index (χ4n) is 1.73. The second-order valence-electron chi connectivity index (χ2n) is 3.65. The summed E-state index contributed by atoms with van der Waals surface area (Å²) in [5, 5.41) is 9.42. The van der Waals surface area contributed by atoms with Crippen LogP contribution >= 0.6 is 11.6 Å². The Hall–Kier alpha value is -1.44. The fourth-order valence-corrected chi connectivity index (χ4v) is 2.03. The molecule has 84 valence electrons. The number of nitrogens with two attached hydrogens (primary N) is 1. The number of rotatable bonds is 1. The van der Waals surface area contributed by atoms with Crippen molar-refractivity contribution in [1.29, 1.82) is 5.26 Å². The monoisotopic (exact) mass is 237 g/mol. The van der Waals surface area contributed by atoms with Gasteiger partial charge >= 0.3 is 0 Å². The number of nitrogen functional groups attached to an aromatic ring is 1. The van der Waals surface area contributed by atoms with Gasteiger partial charge in [0.1, 0.15) is 0 Å². The van der Waals surface area contributed by atoms with E-state index >= 15 is 0 Å². The van der Waals surface area contributed by atoms with Crippen LogP contribution in [0.2, 0.25) is 5.02 Å². The summed E-state index contributed by atoms with van der Waals surface area (Å²) >= 11 is 6.11. The minimum Gasteiger partial charge on any atom is -0.399 e. The third kappa shape index (κ3) is 2.21. The van der Waals surface area contributed by atoms with Crippen molar-refractivity contribution in [2.45, 2.75) is 6.10 Å². The fraction of sp³-hybridized carbons (Fsp3) is 0.364. The van der Waals surface area contributed by atoms with Crippen LogP contribution in [0.25, 0.3) is 0 Å². The van der Waals surface area contributed by atoms with Gasteiger partial charge in [0.15, 0.2) is 6.10 Å². The van der Waals surface area contributed by atoms with E-state index in [1.54, 1.807) is 12.1 Å². The van der Waals surface area contributed by atoms with Gasteiger partial charge < -0.3 is 15.4 Å². The summed E-state index contributed by atoms with van der Waals surface area (Å²) in [5.41, 5.74) is 7.17. The molecule has 0 bridgehead atoms. The number of benzene rings is 1. The standard InChI is InChI=1S/C11H12ClN3O/c12-10-5-8(14)1-2-11(10)15-3-4-16-9(6-13)7-15/h1-2,5,9H,3-4,7,14H2. The molecule has 16 heavy (non-hydrogen) atoms. The molecule has 0 aromatic heterocycles. The Morgan fingerprint density at radius 2 is 2.38 bits per heavy atom. The van der Waals surface area contributed by atoms with Crippen molar-refractivity contribution in [3.63, 3.8) is 0 Å². The molecule has 1 saturated heterocycles. The van der Waals surface area contributed by atoms with Crippen LogP contribution in [0.5, 0.6) is 0 Å². The highest BCUT2D eigenvalue weighted by molar-refractivity contribution is 6.33. The normalized spacial score (nSPS) is 20.5.